The summed E-state index contributed by atoms with van der Waals surface area (Å²) in [7, 11) is 0. The lowest BCUT2D eigenvalue weighted by molar-refractivity contribution is 0.102. The summed E-state index contributed by atoms with van der Waals surface area (Å²) in [5, 5.41) is 14.4. The van der Waals surface area contributed by atoms with E-state index >= 15 is 0 Å². The zero-order chi connectivity index (χ0) is 15.8. The smallest absolute Gasteiger partial charge is 0.256 e. The van der Waals surface area contributed by atoms with Gasteiger partial charge in [-0.2, -0.15) is 5.10 Å². The van der Waals surface area contributed by atoms with Crippen molar-refractivity contribution in [3.8, 4) is 0 Å². The first-order chi connectivity index (χ1) is 11.2. The van der Waals surface area contributed by atoms with Crippen molar-refractivity contribution < 1.29 is 4.79 Å². The summed E-state index contributed by atoms with van der Waals surface area (Å²) in [4.78, 5) is 12.7. The van der Waals surface area contributed by atoms with Crippen LogP contribution in [0.3, 0.4) is 0 Å². The third-order valence-electron chi connectivity index (χ3n) is 4.42. The van der Waals surface area contributed by atoms with Crippen molar-refractivity contribution in [1.29, 1.82) is 0 Å². The maximum atomic E-state index is 12.7. The normalized spacial score (nSPS) is 13.8. The molecule has 1 amide bonds. The highest BCUT2D eigenvalue weighted by Gasteiger charge is 2.16. The van der Waals surface area contributed by atoms with Crippen LogP contribution in [0.5, 0.6) is 0 Å². The summed E-state index contributed by atoms with van der Waals surface area (Å²) in [6, 6.07) is 9.93. The van der Waals surface area contributed by atoms with Gasteiger partial charge >= 0.3 is 0 Å². The van der Waals surface area contributed by atoms with Crippen LogP contribution in [0.1, 0.15) is 27.0 Å². The van der Waals surface area contributed by atoms with Crippen molar-refractivity contribution >= 4 is 22.5 Å². The molecule has 0 radical (unpaired) electrons. The number of fused-ring (bicyclic) bond motifs is 2. The van der Waals surface area contributed by atoms with E-state index in [0.29, 0.717) is 5.56 Å². The van der Waals surface area contributed by atoms with Crippen LogP contribution in [0.15, 0.2) is 36.5 Å². The first-order valence-electron chi connectivity index (χ1n) is 7.79. The molecule has 0 fully saturated rings. The Kier molecular flexibility index (Phi) is 3.35. The van der Waals surface area contributed by atoms with Crippen molar-refractivity contribution in [2.45, 2.75) is 19.9 Å². The number of carbonyl (C=O) groups is 1. The lowest BCUT2D eigenvalue weighted by atomic mass is 9.98. The molecule has 23 heavy (non-hydrogen) atoms. The first kappa shape index (κ1) is 14.0. The summed E-state index contributed by atoms with van der Waals surface area (Å²) in [6.45, 7) is 3.75. The van der Waals surface area contributed by atoms with Crippen molar-refractivity contribution in [3.63, 3.8) is 0 Å². The van der Waals surface area contributed by atoms with Crippen LogP contribution in [0.25, 0.3) is 10.9 Å². The molecule has 2 heterocycles. The van der Waals surface area contributed by atoms with Gasteiger partial charge in [0.05, 0.1) is 11.7 Å². The number of carbonyl (C=O) groups excluding carboxylic acids is 1. The molecule has 116 valence electrons. The van der Waals surface area contributed by atoms with Gasteiger partial charge in [0.1, 0.15) is 0 Å². The molecule has 3 N–H and O–H groups in total. The summed E-state index contributed by atoms with van der Waals surface area (Å²) in [5.74, 6) is -0.0778. The molecular weight excluding hydrogens is 288 g/mol. The zero-order valence-corrected chi connectivity index (χ0v) is 12.9. The number of hydrogen-bond acceptors (Lipinski definition) is 3. The number of aromatic nitrogens is 2. The van der Waals surface area contributed by atoms with E-state index in [1.54, 1.807) is 6.20 Å². The predicted molar refractivity (Wildman–Crippen MR) is 90.6 cm³/mol. The fourth-order valence-corrected chi connectivity index (χ4v) is 3.19. The van der Waals surface area contributed by atoms with Crippen LogP contribution in [-0.2, 0) is 13.0 Å². The molecule has 1 aliphatic heterocycles. The van der Waals surface area contributed by atoms with E-state index in [0.717, 1.165) is 41.7 Å². The van der Waals surface area contributed by atoms with Gasteiger partial charge in [-0.1, -0.05) is 12.1 Å². The highest BCUT2D eigenvalue weighted by molar-refractivity contribution is 6.07. The largest absolute Gasteiger partial charge is 0.322 e. The van der Waals surface area contributed by atoms with Crippen molar-refractivity contribution in [3.05, 3.63) is 58.8 Å². The van der Waals surface area contributed by atoms with E-state index < -0.39 is 0 Å². The highest BCUT2D eigenvalue weighted by Crippen LogP contribution is 2.25. The predicted octanol–water partition coefficient (Wildman–Crippen LogP) is 2.77. The SMILES string of the molecule is Cc1cc2cn[nH]c2cc1C(=O)Nc1cccc2c1CCNC2. The Hall–Kier alpha value is -2.66. The van der Waals surface area contributed by atoms with E-state index in [9.17, 15) is 4.79 Å². The van der Waals surface area contributed by atoms with Crippen LogP contribution in [0.2, 0.25) is 0 Å². The number of aromatic amines is 1. The molecule has 0 bridgehead atoms. The van der Waals surface area contributed by atoms with Crippen molar-refractivity contribution in [2.24, 2.45) is 0 Å². The number of H-pyrrole nitrogens is 1. The number of nitrogens with zero attached hydrogens (tertiary/aromatic N) is 1. The number of aryl methyl sites for hydroxylation is 1. The number of hydrogen-bond donors (Lipinski definition) is 3. The molecule has 5 heteroatoms. The Morgan fingerprint density at radius 1 is 1.30 bits per heavy atom. The van der Waals surface area contributed by atoms with E-state index in [1.807, 2.05) is 31.2 Å². The third kappa shape index (κ3) is 2.49. The summed E-state index contributed by atoms with van der Waals surface area (Å²) in [6.07, 6.45) is 2.70. The Morgan fingerprint density at radius 2 is 2.22 bits per heavy atom. The molecule has 0 aliphatic carbocycles. The molecule has 3 aromatic rings. The van der Waals surface area contributed by atoms with Crippen LogP contribution < -0.4 is 10.6 Å². The van der Waals surface area contributed by atoms with Gasteiger partial charge in [-0.25, -0.2) is 0 Å². The average molecular weight is 306 g/mol. The molecule has 0 atom stereocenters. The number of nitrogens with one attached hydrogen (secondary N) is 3. The van der Waals surface area contributed by atoms with Gasteiger partial charge in [0.25, 0.3) is 5.91 Å². The summed E-state index contributed by atoms with van der Waals surface area (Å²) >= 11 is 0. The lowest BCUT2D eigenvalue weighted by Crippen LogP contribution is -2.25. The lowest BCUT2D eigenvalue weighted by Gasteiger charge is -2.20. The second kappa shape index (κ2) is 5.52. The number of rotatable bonds is 2. The van der Waals surface area contributed by atoms with Gasteiger partial charge < -0.3 is 10.6 Å². The van der Waals surface area contributed by atoms with Gasteiger partial charge in [-0.05, 0) is 54.8 Å². The molecule has 0 spiro atoms. The van der Waals surface area contributed by atoms with Crippen molar-refractivity contribution in [1.82, 2.24) is 15.5 Å². The quantitative estimate of drug-likeness (QED) is 0.682. The van der Waals surface area contributed by atoms with Gasteiger partial charge in [0.2, 0.25) is 0 Å². The third-order valence-corrected chi connectivity index (χ3v) is 4.42. The minimum absolute atomic E-state index is 0.0778. The van der Waals surface area contributed by atoms with E-state index in [4.69, 9.17) is 0 Å². The highest BCUT2D eigenvalue weighted by atomic mass is 16.1. The molecule has 4 rings (SSSR count). The first-order valence-corrected chi connectivity index (χ1v) is 7.79. The molecule has 2 aromatic carbocycles. The number of amides is 1. The van der Waals surface area contributed by atoms with E-state index in [2.05, 4.69) is 26.9 Å². The fraction of sp³-hybridized carbons (Fsp3) is 0.222. The Balaban J connectivity index is 1.68. The molecule has 1 aliphatic rings. The molecular formula is C18H18N4O. The Labute approximate surface area is 134 Å². The summed E-state index contributed by atoms with van der Waals surface area (Å²) < 4.78 is 0. The second-order valence-electron chi connectivity index (χ2n) is 5.95. The monoisotopic (exact) mass is 306 g/mol. The fourth-order valence-electron chi connectivity index (χ4n) is 3.19. The minimum Gasteiger partial charge on any atom is -0.322 e. The van der Waals surface area contributed by atoms with Crippen molar-refractivity contribution in [2.75, 3.05) is 11.9 Å². The molecule has 0 saturated carbocycles. The Bertz CT molecular complexity index is 897. The average Bonchev–Trinajstić information content (AvgIpc) is 3.01. The maximum Gasteiger partial charge on any atom is 0.256 e. The second-order valence-corrected chi connectivity index (χ2v) is 5.95. The molecule has 5 nitrogen and oxygen atoms in total. The standard InChI is InChI=1S/C18H18N4O/c1-11-7-13-10-20-22-17(13)8-15(11)18(23)21-16-4-2-3-12-9-19-6-5-14(12)16/h2-4,7-8,10,19H,5-6,9H2,1H3,(H,20,22)(H,21,23). The molecule has 0 unspecified atom stereocenters. The minimum atomic E-state index is -0.0778. The molecule has 0 saturated heterocycles. The topological polar surface area (TPSA) is 69.8 Å². The van der Waals surface area contributed by atoms with E-state index in [1.165, 1.54) is 11.1 Å². The van der Waals surface area contributed by atoms with Gasteiger partial charge in [0.15, 0.2) is 0 Å². The van der Waals surface area contributed by atoms with Gasteiger partial charge in [-0.15, -0.1) is 0 Å². The number of benzene rings is 2. The van der Waals surface area contributed by atoms with Gasteiger partial charge in [0, 0.05) is 23.2 Å². The zero-order valence-electron chi connectivity index (χ0n) is 12.9. The van der Waals surface area contributed by atoms with Crippen LogP contribution in [-0.4, -0.2) is 22.6 Å². The molecule has 1 aromatic heterocycles. The van der Waals surface area contributed by atoms with E-state index in [-0.39, 0.29) is 5.91 Å². The van der Waals surface area contributed by atoms with Gasteiger partial charge in [-0.3, -0.25) is 9.89 Å². The Morgan fingerprint density at radius 3 is 3.13 bits per heavy atom. The van der Waals surface area contributed by atoms with Crippen LogP contribution in [0, 0.1) is 6.92 Å². The van der Waals surface area contributed by atoms with Crippen LogP contribution in [0.4, 0.5) is 5.69 Å². The number of anilines is 1. The maximum absolute atomic E-state index is 12.7. The van der Waals surface area contributed by atoms with Crippen LogP contribution >= 0.6 is 0 Å². The summed E-state index contributed by atoms with van der Waals surface area (Å²) in [5.41, 5.74) is 5.91.